The molecular weight excluding hydrogens is 363 g/mol. The van der Waals surface area contributed by atoms with Crippen LogP contribution in [-0.2, 0) is 11.3 Å². The van der Waals surface area contributed by atoms with Crippen LogP contribution in [0.2, 0.25) is 0 Å². The molecule has 2 aromatic carbocycles. The van der Waals surface area contributed by atoms with Gasteiger partial charge in [-0.25, -0.2) is 4.99 Å². The minimum atomic E-state index is -4.60. The minimum absolute atomic E-state index is 0.134. The molecule has 1 aliphatic heterocycles. The molecule has 0 bridgehead atoms. The molecule has 1 amide bonds. The van der Waals surface area contributed by atoms with Crippen LogP contribution in [-0.4, -0.2) is 28.5 Å². The molecule has 3 N–H and O–H groups in total. The SMILES string of the molecule is NC1=NC(C(F)(F)F)C(C(=O)NCc2ccc(-c3ccccc3)cc2)S1. The van der Waals surface area contributed by atoms with Gasteiger partial charge in [-0.05, 0) is 16.7 Å². The third-order valence-corrected chi connectivity index (χ3v) is 5.00. The van der Waals surface area contributed by atoms with Crippen LogP contribution in [0.25, 0.3) is 11.1 Å². The fourth-order valence-electron chi connectivity index (χ4n) is 2.61. The molecular formula is C18H16F3N3OS. The predicted molar refractivity (Wildman–Crippen MR) is 96.6 cm³/mol. The van der Waals surface area contributed by atoms with Crippen molar-refractivity contribution in [2.45, 2.75) is 24.0 Å². The zero-order chi connectivity index (χ0) is 18.7. The topological polar surface area (TPSA) is 67.5 Å². The molecule has 0 radical (unpaired) electrons. The Hall–Kier alpha value is -2.48. The molecule has 26 heavy (non-hydrogen) atoms. The van der Waals surface area contributed by atoms with Gasteiger partial charge in [-0.1, -0.05) is 66.4 Å². The van der Waals surface area contributed by atoms with Crippen molar-refractivity contribution in [2.24, 2.45) is 10.7 Å². The first-order chi connectivity index (χ1) is 12.3. The van der Waals surface area contributed by atoms with Crippen LogP contribution >= 0.6 is 11.8 Å². The summed E-state index contributed by atoms with van der Waals surface area (Å²) < 4.78 is 38.9. The van der Waals surface area contributed by atoms with Gasteiger partial charge in [-0.2, -0.15) is 13.2 Å². The summed E-state index contributed by atoms with van der Waals surface area (Å²) >= 11 is 0.639. The van der Waals surface area contributed by atoms with Crippen LogP contribution in [0.3, 0.4) is 0 Å². The van der Waals surface area contributed by atoms with Crippen molar-refractivity contribution in [3.63, 3.8) is 0 Å². The van der Waals surface area contributed by atoms with Crippen molar-refractivity contribution in [1.82, 2.24) is 5.32 Å². The normalized spacial score (nSPS) is 19.9. The molecule has 136 valence electrons. The van der Waals surface area contributed by atoms with Gasteiger partial charge in [0.2, 0.25) is 5.91 Å². The van der Waals surface area contributed by atoms with E-state index in [2.05, 4.69) is 10.3 Å². The lowest BCUT2D eigenvalue weighted by atomic mass is 10.0. The highest BCUT2D eigenvalue weighted by Gasteiger charge is 2.51. The lowest BCUT2D eigenvalue weighted by Gasteiger charge is -2.19. The Bertz CT molecular complexity index is 807. The third kappa shape index (κ3) is 4.19. The zero-order valence-electron chi connectivity index (χ0n) is 13.5. The summed E-state index contributed by atoms with van der Waals surface area (Å²) in [4.78, 5) is 15.5. The van der Waals surface area contributed by atoms with E-state index in [-0.39, 0.29) is 11.7 Å². The first kappa shape index (κ1) is 18.3. The Morgan fingerprint density at radius 1 is 1.08 bits per heavy atom. The Morgan fingerprint density at radius 3 is 2.31 bits per heavy atom. The number of hydrogen-bond donors (Lipinski definition) is 2. The van der Waals surface area contributed by atoms with Crippen LogP contribution in [0.5, 0.6) is 0 Å². The summed E-state index contributed by atoms with van der Waals surface area (Å²) in [7, 11) is 0. The van der Waals surface area contributed by atoms with Crippen LogP contribution in [0, 0.1) is 0 Å². The van der Waals surface area contributed by atoms with Crippen LogP contribution < -0.4 is 11.1 Å². The summed E-state index contributed by atoms with van der Waals surface area (Å²) in [5, 5.41) is 0.921. The van der Waals surface area contributed by atoms with E-state index in [1.165, 1.54) is 0 Å². The monoisotopic (exact) mass is 379 g/mol. The summed E-state index contributed by atoms with van der Waals surface area (Å²) in [6, 6.07) is 15.1. The van der Waals surface area contributed by atoms with E-state index in [4.69, 9.17) is 5.73 Å². The summed E-state index contributed by atoms with van der Waals surface area (Å²) in [6.07, 6.45) is -4.60. The largest absolute Gasteiger partial charge is 0.412 e. The average Bonchev–Trinajstić information content (AvgIpc) is 3.03. The van der Waals surface area contributed by atoms with Crippen molar-refractivity contribution in [3.8, 4) is 11.1 Å². The molecule has 0 aliphatic carbocycles. The molecule has 0 saturated heterocycles. The number of amides is 1. The fourth-order valence-corrected chi connectivity index (χ4v) is 3.58. The number of aliphatic imine (C=N–C) groups is 1. The standard InChI is InChI=1S/C18H16F3N3OS/c19-18(20,21)15-14(26-17(22)24-15)16(25)23-10-11-6-8-13(9-7-11)12-4-2-1-3-5-12/h1-9,14-15H,10H2,(H2,22,24)(H,23,25). The highest BCUT2D eigenvalue weighted by Crippen LogP contribution is 2.36. The van der Waals surface area contributed by atoms with Crippen molar-refractivity contribution in [2.75, 3.05) is 0 Å². The molecule has 0 spiro atoms. The van der Waals surface area contributed by atoms with E-state index in [0.717, 1.165) is 16.7 Å². The van der Waals surface area contributed by atoms with Gasteiger partial charge in [-0.3, -0.25) is 4.79 Å². The number of nitrogens with zero attached hydrogens (tertiary/aromatic N) is 1. The highest BCUT2D eigenvalue weighted by molar-refractivity contribution is 8.15. The van der Waals surface area contributed by atoms with E-state index in [0.29, 0.717) is 11.8 Å². The number of benzene rings is 2. The summed E-state index contributed by atoms with van der Waals surface area (Å²) in [5.74, 6) is -0.728. The lowest BCUT2D eigenvalue weighted by Crippen LogP contribution is -2.44. The first-order valence-electron chi connectivity index (χ1n) is 7.83. The molecule has 1 aliphatic rings. The second-order valence-corrected chi connectivity index (χ2v) is 6.93. The first-order valence-corrected chi connectivity index (χ1v) is 8.71. The molecule has 0 saturated carbocycles. The van der Waals surface area contributed by atoms with Crippen molar-refractivity contribution in [3.05, 3.63) is 60.2 Å². The van der Waals surface area contributed by atoms with Gasteiger partial charge < -0.3 is 11.1 Å². The maximum Gasteiger partial charge on any atom is 0.412 e. The van der Waals surface area contributed by atoms with Gasteiger partial charge in [0.05, 0.1) is 0 Å². The van der Waals surface area contributed by atoms with Crippen LogP contribution in [0.1, 0.15) is 5.56 Å². The Morgan fingerprint density at radius 2 is 1.69 bits per heavy atom. The van der Waals surface area contributed by atoms with Crippen molar-refractivity contribution < 1.29 is 18.0 Å². The van der Waals surface area contributed by atoms with Crippen molar-refractivity contribution in [1.29, 1.82) is 0 Å². The Labute approximate surface area is 152 Å². The van der Waals surface area contributed by atoms with Crippen molar-refractivity contribution >= 4 is 22.8 Å². The molecule has 4 nitrogen and oxygen atoms in total. The smallest absolute Gasteiger partial charge is 0.379 e. The fraction of sp³-hybridized carbons (Fsp3) is 0.222. The molecule has 0 aromatic heterocycles. The summed E-state index contributed by atoms with van der Waals surface area (Å²) in [6.45, 7) is 0.134. The van der Waals surface area contributed by atoms with E-state index in [9.17, 15) is 18.0 Å². The number of hydrogen-bond acceptors (Lipinski definition) is 4. The minimum Gasteiger partial charge on any atom is -0.379 e. The quantitative estimate of drug-likeness (QED) is 0.856. The number of carbonyl (C=O) groups is 1. The number of nitrogens with two attached hydrogens (primary N) is 1. The average molecular weight is 379 g/mol. The van der Waals surface area contributed by atoms with E-state index < -0.39 is 23.4 Å². The second-order valence-electron chi connectivity index (χ2n) is 5.77. The van der Waals surface area contributed by atoms with E-state index in [1.54, 1.807) is 0 Å². The number of halogens is 3. The molecule has 8 heteroatoms. The Balaban J connectivity index is 1.61. The number of thioether (sulfide) groups is 1. The van der Waals surface area contributed by atoms with E-state index in [1.807, 2.05) is 54.6 Å². The Kier molecular flexibility index (Phi) is 5.22. The molecule has 3 rings (SSSR count). The number of rotatable bonds is 4. The second kappa shape index (κ2) is 7.41. The van der Waals surface area contributed by atoms with Crippen LogP contribution in [0.4, 0.5) is 13.2 Å². The highest BCUT2D eigenvalue weighted by atomic mass is 32.2. The molecule has 1 heterocycles. The van der Waals surface area contributed by atoms with Gasteiger partial charge in [-0.15, -0.1) is 0 Å². The maximum atomic E-state index is 13.0. The number of alkyl halides is 3. The number of nitrogens with one attached hydrogen (secondary N) is 1. The predicted octanol–water partition coefficient (Wildman–Crippen LogP) is 3.33. The van der Waals surface area contributed by atoms with Crippen LogP contribution in [0.15, 0.2) is 59.6 Å². The maximum absolute atomic E-state index is 13.0. The van der Waals surface area contributed by atoms with Gasteiger partial charge in [0.25, 0.3) is 0 Å². The van der Waals surface area contributed by atoms with Gasteiger partial charge in [0.1, 0.15) is 5.25 Å². The zero-order valence-corrected chi connectivity index (χ0v) is 14.3. The van der Waals surface area contributed by atoms with E-state index >= 15 is 0 Å². The summed E-state index contributed by atoms with van der Waals surface area (Å²) in [5.41, 5.74) is 8.23. The lowest BCUT2D eigenvalue weighted by molar-refractivity contribution is -0.151. The molecule has 2 atom stereocenters. The number of carbonyl (C=O) groups excluding carboxylic acids is 1. The number of amidine groups is 1. The third-order valence-electron chi connectivity index (χ3n) is 3.92. The molecule has 2 aromatic rings. The van der Waals surface area contributed by atoms with Gasteiger partial charge in [0.15, 0.2) is 11.2 Å². The molecule has 2 unspecified atom stereocenters. The molecule has 0 fully saturated rings. The van der Waals surface area contributed by atoms with Gasteiger partial charge in [0, 0.05) is 6.54 Å². The van der Waals surface area contributed by atoms with Gasteiger partial charge >= 0.3 is 6.18 Å².